The first-order valence-corrected chi connectivity index (χ1v) is 6.67. The highest BCUT2D eigenvalue weighted by Gasteiger charge is 2.01. The van der Waals surface area contributed by atoms with Crippen LogP contribution in [0, 0.1) is 6.92 Å². The van der Waals surface area contributed by atoms with Crippen molar-refractivity contribution in [2.24, 2.45) is 0 Å². The zero-order valence-corrected chi connectivity index (χ0v) is 11.6. The third-order valence-corrected chi connectivity index (χ3v) is 2.93. The number of pyridine rings is 1. The fourth-order valence-corrected chi connectivity index (χ4v) is 1.78. The summed E-state index contributed by atoms with van der Waals surface area (Å²) in [5.74, 6) is -0.0252. The Labute approximate surface area is 119 Å². The molecule has 0 bridgehead atoms. The normalized spacial score (nSPS) is 10.2. The predicted molar refractivity (Wildman–Crippen MR) is 79.0 cm³/mol. The first-order chi connectivity index (χ1) is 9.74. The topological polar surface area (TPSA) is 54.0 Å². The summed E-state index contributed by atoms with van der Waals surface area (Å²) in [4.78, 5) is 15.8. The molecule has 0 aliphatic carbocycles. The summed E-state index contributed by atoms with van der Waals surface area (Å²) in [5, 5.41) is 5.96. The van der Waals surface area contributed by atoms with E-state index < -0.39 is 0 Å². The van der Waals surface area contributed by atoms with E-state index in [4.69, 9.17) is 0 Å². The van der Waals surface area contributed by atoms with Crippen LogP contribution >= 0.6 is 0 Å². The van der Waals surface area contributed by atoms with E-state index in [0.29, 0.717) is 19.6 Å². The first kappa shape index (κ1) is 14.2. The molecule has 1 amide bonds. The fourth-order valence-electron chi connectivity index (χ4n) is 1.78. The zero-order valence-electron chi connectivity index (χ0n) is 11.6. The lowest BCUT2D eigenvalue weighted by Gasteiger charge is -2.07. The number of aromatic nitrogens is 1. The van der Waals surface area contributed by atoms with Gasteiger partial charge in [-0.05, 0) is 24.6 Å². The number of carbonyl (C=O) groups excluding carboxylic acids is 1. The number of aryl methyl sites for hydroxylation is 1. The summed E-state index contributed by atoms with van der Waals surface area (Å²) in [6.07, 6.45) is 1.72. The van der Waals surface area contributed by atoms with Crippen LogP contribution in [0.25, 0.3) is 0 Å². The van der Waals surface area contributed by atoms with Gasteiger partial charge in [-0.15, -0.1) is 0 Å². The minimum atomic E-state index is -0.0252. The van der Waals surface area contributed by atoms with Gasteiger partial charge in [-0.3, -0.25) is 9.78 Å². The van der Waals surface area contributed by atoms with E-state index in [2.05, 4.69) is 46.8 Å². The maximum atomic E-state index is 11.7. The van der Waals surface area contributed by atoms with Gasteiger partial charge in [0.25, 0.3) is 0 Å². The van der Waals surface area contributed by atoms with Crippen LogP contribution in [0.5, 0.6) is 0 Å². The molecular weight excluding hydrogens is 250 g/mol. The lowest BCUT2D eigenvalue weighted by molar-refractivity contribution is -0.120. The lowest BCUT2D eigenvalue weighted by atomic mass is 10.1. The Morgan fingerprint density at radius 2 is 1.90 bits per heavy atom. The van der Waals surface area contributed by atoms with Gasteiger partial charge in [0.15, 0.2) is 0 Å². The second-order valence-corrected chi connectivity index (χ2v) is 4.69. The summed E-state index contributed by atoms with van der Waals surface area (Å²) >= 11 is 0. The predicted octanol–water partition coefficient (Wildman–Crippen LogP) is 1.80. The lowest BCUT2D eigenvalue weighted by Crippen LogP contribution is -2.33. The maximum absolute atomic E-state index is 11.7. The van der Waals surface area contributed by atoms with Gasteiger partial charge in [0.2, 0.25) is 5.91 Å². The molecule has 0 fully saturated rings. The van der Waals surface area contributed by atoms with Crippen molar-refractivity contribution in [1.29, 1.82) is 0 Å². The Morgan fingerprint density at radius 3 is 2.60 bits per heavy atom. The quantitative estimate of drug-likeness (QED) is 0.840. The van der Waals surface area contributed by atoms with E-state index in [0.717, 1.165) is 5.69 Å². The van der Waals surface area contributed by atoms with Crippen molar-refractivity contribution in [3.05, 3.63) is 65.5 Å². The molecule has 0 radical (unpaired) electrons. The Morgan fingerprint density at radius 1 is 1.10 bits per heavy atom. The van der Waals surface area contributed by atoms with Gasteiger partial charge in [-0.1, -0.05) is 35.9 Å². The average Bonchev–Trinajstić information content (AvgIpc) is 2.48. The first-order valence-electron chi connectivity index (χ1n) is 6.67. The third kappa shape index (κ3) is 4.82. The molecule has 1 aromatic heterocycles. The van der Waals surface area contributed by atoms with Crippen molar-refractivity contribution in [2.45, 2.75) is 20.0 Å². The van der Waals surface area contributed by atoms with E-state index in [1.54, 1.807) is 6.20 Å². The molecule has 2 N–H and O–H groups in total. The molecule has 4 heteroatoms. The Bertz CT molecular complexity index is 537. The van der Waals surface area contributed by atoms with E-state index in [-0.39, 0.29) is 5.91 Å². The van der Waals surface area contributed by atoms with Crippen LogP contribution in [0.1, 0.15) is 16.8 Å². The molecule has 0 saturated heterocycles. The average molecular weight is 269 g/mol. The summed E-state index contributed by atoms with van der Waals surface area (Å²) in [6.45, 7) is 3.52. The molecule has 1 aromatic carbocycles. The van der Waals surface area contributed by atoms with Crippen molar-refractivity contribution < 1.29 is 4.79 Å². The fraction of sp³-hybridized carbons (Fsp3) is 0.250. The molecule has 20 heavy (non-hydrogen) atoms. The van der Waals surface area contributed by atoms with Crippen molar-refractivity contribution in [2.75, 3.05) is 6.54 Å². The van der Waals surface area contributed by atoms with Crippen LogP contribution < -0.4 is 10.6 Å². The Kier molecular flexibility index (Phi) is 5.26. The van der Waals surface area contributed by atoms with Crippen LogP contribution in [-0.2, 0) is 17.9 Å². The van der Waals surface area contributed by atoms with Gasteiger partial charge in [0.05, 0.1) is 18.8 Å². The van der Waals surface area contributed by atoms with Crippen molar-refractivity contribution >= 4 is 5.91 Å². The number of rotatable bonds is 6. The van der Waals surface area contributed by atoms with E-state index in [1.807, 2.05) is 18.2 Å². The third-order valence-electron chi connectivity index (χ3n) is 2.93. The second kappa shape index (κ2) is 7.40. The maximum Gasteiger partial charge on any atom is 0.234 e. The highest BCUT2D eigenvalue weighted by molar-refractivity contribution is 5.77. The molecule has 4 nitrogen and oxygen atoms in total. The van der Waals surface area contributed by atoms with Crippen LogP contribution in [-0.4, -0.2) is 17.4 Å². The molecule has 2 rings (SSSR count). The van der Waals surface area contributed by atoms with Gasteiger partial charge >= 0.3 is 0 Å². The van der Waals surface area contributed by atoms with Gasteiger partial charge in [0, 0.05) is 12.7 Å². The zero-order chi connectivity index (χ0) is 14.2. The highest BCUT2D eigenvalue weighted by atomic mass is 16.1. The van der Waals surface area contributed by atoms with Crippen LogP contribution in [0.3, 0.4) is 0 Å². The minimum Gasteiger partial charge on any atom is -0.349 e. The number of benzene rings is 1. The molecular formula is C16H19N3O. The van der Waals surface area contributed by atoms with Gasteiger partial charge in [-0.2, -0.15) is 0 Å². The Hall–Kier alpha value is -2.20. The number of carbonyl (C=O) groups is 1. The van der Waals surface area contributed by atoms with Gasteiger partial charge < -0.3 is 10.6 Å². The van der Waals surface area contributed by atoms with Gasteiger partial charge in [-0.25, -0.2) is 0 Å². The number of nitrogens with one attached hydrogen (secondary N) is 2. The molecule has 2 aromatic rings. The summed E-state index contributed by atoms with van der Waals surface area (Å²) in [5.41, 5.74) is 3.27. The largest absolute Gasteiger partial charge is 0.349 e. The van der Waals surface area contributed by atoms with Gasteiger partial charge in [0.1, 0.15) is 0 Å². The van der Waals surface area contributed by atoms with E-state index in [1.165, 1.54) is 11.1 Å². The standard InChI is InChI=1S/C16H19N3O/c1-13-5-7-14(8-6-13)10-17-12-16(20)19-11-15-4-2-3-9-18-15/h2-9,17H,10-12H2,1H3,(H,19,20). The second-order valence-electron chi connectivity index (χ2n) is 4.69. The summed E-state index contributed by atoms with van der Waals surface area (Å²) in [6, 6.07) is 13.9. The SMILES string of the molecule is Cc1ccc(CNCC(=O)NCc2ccccn2)cc1. The number of amides is 1. The number of hydrogen-bond acceptors (Lipinski definition) is 3. The summed E-state index contributed by atoms with van der Waals surface area (Å²) in [7, 11) is 0. The molecule has 104 valence electrons. The molecule has 0 unspecified atom stereocenters. The van der Waals surface area contributed by atoms with Crippen molar-refractivity contribution in [3.63, 3.8) is 0 Å². The molecule has 0 saturated carbocycles. The smallest absolute Gasteiger partial charge is 0.234 e. The van der Waals surface area contributed by atoms with E-state index >= 15 is 0 Å². The van der Waals surface area contributed by atoms with Crippen LogP contribution in [0.15, 0.2) is 48.7 Å². The number of nitrogens with zero attached hydrogens (tertiary/aromatic N) is 1. The molecule has 0 spiro atoms. The van der Waals surface area contributed by atoms with Crippen LogP contribution in [0.4, 0.5) is 0 Å². The molecule has 0 aliphatic heterocycles. The monoisotopic (exact) mass is 269 g/mol. The number of hydrogen-bond donors (Lipinski definition) is 2. The minimum absolute atomic E-state index is 0.0252. The molecule has 0 atom stereocenters. The molecule has 1 heterocycles. The highest BCUT2D eigenvalue weighted by Crippen LogP contribution is 2.02. The van der Waals surface area contributed by atoms with Crippen molar-refractivity contribution in [3.8, 4) is 0 Å². The van der Waals surface area contributed by atoms with Crippen molar-refractivity contribution in [1.82, 2.24) is 15.6 Å². The van der Waals surface area contributed by atoms with Crippen LogP contribution in [0.2, 0.25) is 0 Å². The van der Waals surface area contributed by atoms with E-state index in [9.17, 15) is 4.79 Å². The summed E-state index contributed by atoms with van der Waals surface area (Å²) < 4.78 is 0. The Balaban J connectivity index is 1.66. The molecule has 0 aliphatic rings.